The van der Waals surface area contributed by atoms with Crippen molar-refractivity contribution >= 4 is 8.41 Å². The highest BCUT2D eigenvalue weighted by Gasteiger charge is 1.55. The molecule has 3 radical (unpaired) electrons. The van der Waals surface area contributed by atoms with Gasteiger partial charge in [0.25, 0.3) is 0 Å². The van der Waals surface area contributed by atoms with Gasteiger partial charge in [0.05, 0.1) is 0 Å². The lowest BCUT2D eigenvalue weighted by Gasteiger charge is -1.70. The molecule has 55 valence electrons. The highest BCUT2D eigenvalue weighted by molar-refractivity contribution is 5.75. The summed E-state index contributed by atoms with van der Waals surface area (Å²) in [7, 11) is 0. The Bertz CT molecular complexity index is 19.0. The highest BCUT2D eigenvalue weighted by Crippen LogP contribution is 1.57. The van der Waals surface area contributed by atoms with Gasteiger partial charge in [0, 0.05) is 8.41 Å². The van der Waals surface area contributed by atoms with Gasteiger partial charge < -0.3 is 11.5 Å². The van der Waals surface area contributed by atoms with E-state index in [1.54, 1.807) is 0 Å². The van der Waals surface area contributed by atoms with E-state index in [1.807, 2.05) is 0 Å². The molecule has 0 heterocycles. The summed E-state index contributed by atoms with van der Waals surface area (Å²) < 4.78 is 0. The molecule has 4 N–H and O–H groups in total. The maximum absolute atomic E-state index is 5.03. The van der Waals surface area contributed by atoms with Crippen molar-refractivity contribution in [2.45, 2.75) is 26.7 Å². The van der Waals surface area contributed by atoms with E-state index in [1.165, 1.54) is 0 Å². The molecule has 0 rings (SSSR count). The molecule has 0 aliphatic rings. The average Bonchev–Trinajstić information content (AvgIpc) is 1.88. The van der Waals surface area contributed by atoms with Crippen LogP contribution in [0.1, 0.15) is 26.7 Å². The minimum absolute atomic E-state index is 0. The zero-order valence-electron chi connectivity index (χ0n) is 6.56. The Labute approximate surface area is 60.6 Å². The van der Waals surface area contributed by atoms with Crippen molar-refractivity contribution in [2.75, 3.05) is 13.1 Å². The Morgan fingerprint density at radius 1 is 0.889 bits per heavy atom. The second-order valence-electron chi connectivity index (χ2n) is 1.58. The third kappa shape index (κ3) is 72.6. The fraction of sp³-hybridized carbons (Fsp3) is 1.00. The molecular formula is C6H18BN2. The molecule has 0 bridgehead atoms. The van der Waals surface area contributed by atoms with Crippen molar-refractivity contribution in [3.05, 3.63) is 0 Å². The van der Waals surface area contributed by atoms with Crippen molar-refractivity contribution in [1.29, 1.82) is 0 Å². The first kappa shape index (κ1) is 16.0. The van der Waals surface area contributed by atoms with Crippen molar-refractivity contribution in [3.8, 4) is 0 Å². The van der Waals surface area contributed by atoms with E-state index >= 15 is 0 Å². The zero-order chi connectivity index (χ0) is 6.83. The molecule has 0 aromatic rings. The Kier molecular flexibility index (Phi) is 43.6. The molecule has 0 atom stereocenters. The monoisotopic (exact) mass is 129 g/mol. The number of hydrogen-bond acceptors (Lipinski definition) is 2. The van der Waals surface area contributed by atoms with E-state index in [0.717, 1.165) is 25.9 Å². The third-order valence-corrected chi connectivity index (χ3v) is 0.577. The lowest BCUT2D eigenvalue weighted by atomic mass is 10.5. The summed E-state index contributed by atoms with van der Waals surface area (Å²) in [6.07, 6.45) is 2.19. The molecule has 0 saturated carbocycles. The van der Waals surface area contributed by atoms with Crippen LogP contribution in [0.4, 0.5) is 0 Å². The van der Waals surface area contributed by atoms with Gasteiger partial charge in [-0.05, 0) is 25.9 Å². The summed E-state index contributed by atoms with van der Waals surface area (Å²) in [5, 5.41) is 0. The summed E-state index contributed by atoms with van der Waals surface area (Å²) in [6, 6.07) is 0. The Morgan fingerprint density at radius 2 is 1.00 bits per heavy atom. The van der Waals surface area contributed by atoms with Gasteiger partial charge in [0.2, 0.25) is 0 Å². The lowest BCUT2D eigenvalue weighted by Crippen LogP contribution is -1.93. The summed E-state index contributed by atoms with van der Waals surface area (Å²) in [4.78, 5) is 0. The molecule has 0 spiro atoms. The van der Waals surface area contributed by atoms with Crippen LogP contribution in [0.15, 0.2) is 0 Å². The van der Waals surface area contributed by atoms with Crippen LogP contribution in [-0.4, -0.2) is 21.5 Å². The molecule has 0 amide bonds. The Morgan fingerprint density at radius 3 is 1.00 bits per heavy atom. The quantitative estimate of drug-likeness (QED) is 0.528. The van der Waals surface area contributed by atoms with Crippen LogP contribution >= 0.6 is 0 Å². The molecule has 2 nitrogen and oxygen atoms in total. The number of rotatable bonds is 2. The second-order valence-corrected chi connectivity index (χ2v) is 1.58. The van der Waals surface area contributed by atoms with E-state index in [-0.39, 0.29) is 8.41 Å². The molecule has 0 unspecified atom stereocenters. The lowest BCUT2D eigenvalue weighted by molar-refractivity contribution is 0.932. The van der Waals surface area contributed by atoms with E-state index < -0.39 is 0 Å². The van der Waals surface area contributed by atoms with Gasteiger partial charge in [-0.15, -0.1) is 0 Å². The van der Waals surface area contributed by atoms with E-state index in [9.17, 15) is 0 Å². The second kappa shape index (κ2) is 24.5. The molecule has 0 aromatic heterocycles. The van der Waals surface area contributed by atoms with Crippen molar-refractivity contribution < 1.29 is 0 Å². The van der Waals surface area contributed by atoms with E-state index in [0.29, 0.717) is 0 Å². The summed E-state index contributed by atoms with van der Waals surface area (Å²) in [6.45, 7) is 5.75. The Balaban J connectivity index is -0.0000000720. The van der Waals surface area contributed by atoms with E-state index in [2.05, 4.69) is 13.8 Å². The molecule has 0 saturated heterocycles. The van der Waals surface area contributed by atoms with Crippen LogP contribution in [0.5, 0.6) is 0 Å². The van der Waals surface area contributed by atoms with Crippen LogP contribution < -0.4 is 11.5 Å². The fourth-order valence-corrected chi connectivity index (χ4v) is 0. The summed E-state index contributed by atoms with van der Waals surface area (Å²) >= 11 is 0. The predicted molar refractivity (Wildman–Crippen MR) is 44.4 cm³/mol. The largest absolute Gasteiger partial charge is 0.330 e. The first-order valence-corrected chi connectivity index (χ1v) is 3.23. The molecule has 0 fully saturated rings. The molecular weight excluding hydrogens is 111 g/mol. The van der Waals surface area contributed by atoms with Crippen LogP contribution in [0.2, 0.25) is 0 Å². The van der Waals surface area contributed by atoms with Gasteiger partial charge in [-0.3, -0.25) is 0 Å². The van der Waals surface area contributed by atoms with Gasteiger partial charge in [0.15, 0.2) is 0 Å². The average molecular weight is 129 g/mol. The third-order valence-electron chi connectivity index (χ3n) is 0.577. The molecule has 9 heavy (non-hydrogen) atoms. The SMILES string of the molecule is CCCN.CCCN.[B]. The number of nitrogens with two attached hydrogens (primary N) is 2. The summed E-state index contributed by atoms with van der Waals surface area (Å²) in [5.74, 6) is 0. The molecule has 0 aliphatic carbocycles. The van der Waals surface area contributed by atoms with Crippen molar-refractivity contribution in [2.24, 2.45) is 11.5 Å². The topological polar surface area (TPSA) is 52.0 Å². The minimum atomic E-state index is 0. The highest BCUT2D eigenvalue weighted by atomic mass is 14.5. The molecule has 0 aliphatic heterocycles. The first-order chi connectivity index (χ1) is 3.83. The Hall–Kier alpha value is -0.0151. The van der Waals surface area contributed by atoms with Gasteiger partial charge in [-0.2, -0.15) is 0 Å². The molecule has 0 aromatic carbocycles. The smallest absolute Gasteiger partial charge is 0 e. The normalized spacial score (nSPS) is 6.67. The van der Waals surface area contributed by atoms with Crippen LogP contribution in [0.25, 0.3) is 0 Å². The van der Waals surface area contributed by atoms with Gasteiger partial charge in [-0.25, -0.2) is 0 Å². The van der Waals surface area contributed by atoms with E-state index in [4.69, 9.17) is 11.5 Å². The minimum Gasteiger partial charge on any atom is -0.330 e. The van der Waals surface area contributed by atoms with Crippen LogP contribution in [0.3, 0.4) is 0 Å². The fourth-order valence-electron chi connectivity index (χ4n) is 0. The number of hydrogen-bond donors (Lipinski definition) is 2. The maximum atomic E-state index is 5.03. The zero-order valence-corrected chi connectivity index (χ0v) is 6.56. The first-order valence-electron chi connectivity index (χ1n) is 3.23. The molecule has 3 heteroatoms. The van der Waals surface area contributed by atoms with Gasteiger partial charge >= 0.3 is 0 Å². The van der Waals surface area contributed by atoms with Crippen LogP contribution in [0, 0.1) is 0 Å². The van der Waals surface area contributed by atoms with Crippen LogP contribution in [-0.2, 0) is 0 Å². The maximum Gasteiger partial charge on any atom is 0 e. The van der Waals surface area contributed by atoms with Gasteiger partial charge in [0.1, 0.15) is 0 Å². The predicted octanol–water partition coefficient (Wildman–Crippen LogP) is 0.329. The van der Waals surface area contributed by atoms with Crippen molar-refractivity contribution in [3.63, 3.8) is 0 Å². The summed E-state index contributed by atoms with van der Waals surface area (Å²) in [5.41, 5.74) is 10.1. The van der Waals surface area contributed by atoms with Gasteiger partial charge in [-0.1, -0.05) is 13.8 Å². The van der Waals surface area contributed by atoms with Crippen molar-refractivity contribution in [1.82, 2.24) is 0 Å². The standard InChI is InChI=1S/2C3H9N.B/c2*1-2-3-4;/h2*2-4H2,1H3;.